The standard InChI is InChI=1S/C42H55NO3/c1-22(2)34-36(45)32-31-24(4)33-29(21-38(5,6)46-39(33,7)8)26(31)20-27-28-19-25-13-14-30-40(9,16-12-18-44)23(3)15-17-41(30,10)42(25,11)37(28)43(34)35(27)32/h12,16,20-21,23-25,30,33-34,44H,1,13-15,17-19H2,2-11H3/t23-,24+,25?,30-,33?,34-,40+,41-,42+/m0/s1. The van der Waals surface area contributed by atoms with Crippen LogP contribution in [0.1, 0.15) is 140 Å². The Morgan fingerprint density at radius 3 is 2.50 bits per heavy atom. The summed E-state index contributed by atoms with van der Waals surface area (Å²) < 4.78 is 9.22. The lowest BCUT2D eigenvalue weighted by Gasteiger charge is -2.65. The van der Waals surface area contributed by atoms with Crippen molar-refractivity contribution in [3.63, 3.8) is 0 Å². The van der Waals surface area contributed by atoms with Gasteiger partial charge < -0.3 is 14.4 Å². The normalized spacial score (nSPS) is 41.3. The maximum Gasteiger partial charge on any atom is 0.192 e. The van der Waals surface area contributed by atoms with Crippen molar-refractivity contribution in [3.8, 4) is 0 Å². The number of fused-ring (bicyclic) bond motifs is 11. The van der Waals surface area contributed by atoms with Crippen LogP contribution in [-0.4, -0.2) is 33.3 Å². The van der Waals surface area contributed by atoms with Gasteiger partial charge >= 0.3 is 0 Å². The van der Waals surface area contributed by atoms with Crippen LogP contribution in [0.25, 0.3) is 16.5 Å². The monoisotopic (exact) mass is 621 g/mol. The van der Waals surface area contributed by atoms with Crippen molar-refractivity contribution in [2.24, 2.45) is 34.5 Å². The number of ketones is 1. The van der Waals surface area contributed by atoms with Crippen LogP contribution in [0.4, 0.5) is 0 Å². The average Bonchev–Trinajstić information content (AvgIpc) is 3.62. The maximum atomic E-state index is 14.9. The number of Topliss-reactive ketones (excluding diaryl/α,β-unsaturated/α-hetero) is 1. The summed E-state index contributed by atoms with van der Waals surface area (Å²) in [5.41, 5.74) is 9.27. The minimum Gasteiger partial charge on any atom is -0.392 e. The van der Waals surface area contributed by atoms with Crippen molar-refractivity contribution in [2.45, 2.75) is 130 Å². The Kier molecular flexibility index (Phi) is 6.15. The highest BCUT2D eigenvalue weighted by Crippen LogP contribution is 2.72. The van der Waals surface area contributed by atoms with Gasteiger partial charge in [-0.1, -0.05) is 58.9 Å². The zero-order valence-corrected chi connectivity index (χ0v) is 29.9. The minimum atomic E-state index is -0.370. The van der Waals surface area contributed by atoms with Gasteiger partial charge in [-0.2, -0.15) is 0 Å². The Bertz CT molecular complexity index is 1800. The quantitative estimate of drug-likeness (QED) is 0.347. The molecule has 4 heteroatoms. The van der Waals surface area contributed by atoms with Crippen molar-refractivity contribution in [3.05, 3.63) is 64.4 Å². The molecule has 2 saturated carbocycles. The number of aliphatic hydroxyl groups is 1. The molecule has 1 aromatic heterocycles. The molecule has 2 fully saturated rings. The molecule has 8 rings (SSSR count). The Morgan fingerprint density at radius 1 is 1.11 bits per heavy atom. The number of carbonyl (C=O) groups is 1. The highest BCUT2D eigenvalue weighted by Gasteiger charge is 2.67. The topological polar surface area (TPSA) is 51.5 Å². The van der Waals surface area contributed by atoms with Gasteiger partial charge in [0.1, 0.15) is 6.04 Å². The highest BCUT2D eigenvalue weighted by molar-refractivity contribution is 6.18. The third-order valence-corrected chi connectivity index (χ3v) is 15.0. The van der Waals surface area contributed by atoms with Gasteiger partial charge in [0.05, 0.1) is 23.3 Å². The molecule has 246 valence electrons. The molecule has 0 radical (unpaired) electrons. The molecule has 1 aromatic carbocycles. The molecular weight excluding hydrogens is 566 g/mol. The first-order chi connectivity index (χ1) is 21.4. The summed E-state index contributed by atoms with van der Waals surface area (Å²) in [4.78, 5) is 14.9. The van der Waals surface area contributed by atoms with Gasteiger partial charge in [0.2, 0.25) is 0 Å². The molecule has 4 nitrogen and oxygen atoms in total. The lowest BCUT2D eigenvalue weighted by molar-refractivity contribution is -0.127. The van der Waals surface area contributed by atoms with Gasteiger partial charge in [-0.25, -0.2) is 0 Å². The van der Waals surface area contributed by atoms with Crippen molar-refractivity contribution < 1.29 is 14.6 Å². The van der Waals surface area contributed by atoms with Gasteiger partial charge in [-0.05, 0) is 136 Å². The molecule has 0 saturated heterocycles. The summed E-state index contributed by atoms with van der Waals surface area (Å²) in [6.07, 6.45) is 12.6. The van der Waals surface area contributed by atoms with Gasteiger partial charge in [0, 0.05) is 28.0 Å². The second kappa shape index (κ2) is 9.17. The molecule has 46 heavy (non-hydrogen) atoms. The number of hydrogen-bond acceptors (Lipinski definition) is 3. The lowest BCUT2D eigenvalue weighted by atomic mass is 9.39. The highest BCUT2D eigenvalue weighted by atomic mass is 16.5. The first-order valence-corrected chi connectivity index (χ1v) is 18.1. The first-order valence-electron chi connectivity index (χ1n) is 18.1. The number of aromatic nitrogens is 1. The number of rotatable bonds is 3. The molecule has 6 aliphatic rings. The molecule has 3 heterocycles. The summed E-state index contributed by atoms with van der Waals surface area (Å²) in [7, 11) is 0. The zero-order valence-electron chi connectivity index (χ0n) is 29.9. The summed E-state index contributed by atoms with van der Waals surface area (Å²) in [6.45, 7) is 27.8. The van der Waals surface area contributed by atoms with Gasteiger partial charge in [-0.3, -0.25) is 4.79 Å². The van der Waals surface area contributed by atoms with Gasteiger partial charge in [0.25, 0.3) is 0 Å². The number of carbonyl (C=O) groups excluding carboxylic acids is 1. The van der Waals surface area contributed by atoms with Crippen LogP contribution in [0.2, 0.25) is 0 Å². The molecule has 4 aliphatic carbocycles. The van der Waals surface area contributed by atoms with Crippen molar-refractivity contribution in [1.29, 1.82) is 0 Å². The van der Waals surface area contributed by atoms with E-state index < -0.39 is 0 Å². The van der Waals surface area contributed by atoms with Crippen molar-refractivity contribution in [2.75, 3.05) is 6.61 Å². The smallest absolute Gasteiger partial charge is 0.192 e. The van der Waals surface area contributed by atoms with E-state index in [0.717, 1.165) is 17.6 Å². The van der Waals surface area contributed by atoms with Crippen molar-refractivity contribution in [1.82, 2.24) is 4.57 Å². The van der Waals surface area contributed by atoms with Crippen LogP contribution in [0.3, 0.4) is 0 Å². The van der Waals surface area contributed by atoms with Gasteiger partial charge in [0.15, 0.2) is 5.78 Å². The summed E-state index contributed by atoms with van der Waals surface area (Å²) in [5.74, 6) is 2.27. The van der Waals surface area contributed by atoms with E-state index in [2.05, 4.69) is 98.6 Å². The van der Waals surface area contributed by atoms with E-state index in [1.807, 2.05) is 6.08 Å². The maximum absolute atomic E-state index is 14.9. The van der Waals surface area contributed by atoms with E-state index in [1.54, 1.807) is 0 Å². The van der Waals surface area contributed by atoms with E-state index >= 15 is 0 Å². The third-order valence-electron chi connectivity index (χ3n) is 15.0. The Labute approximate surface area is 276 Å². The predicted molar refractivity (Wildman–Crippen MR) is 187 cm³/mol. The molecule has 2 aromatic rings. The predicted octanol–water partition coefficient (Wildman–Crippen LogP) is 9.49. The van der Waals surface area contributed by atoms with Crippen LogP contribution in [0.5, 0.6) is 0 Å². The minimum absolute atomic E-state index is 0.0268. The van der Waals surface area contributed by atoms with E-state index in [-0.39, 0.29) is 57.7 Å². The second-order valence-electron chi connectivity index (χ2n) is 18.1. The molecule has 0 bridgehead atoms. The number of nitrogens with zero attached hydrogens (tertiary/aromatic N) is 1. The fraction of sp³-hybridized carbons (Fsp3) is 0.643. The van der Waals surface area contributed by atoms with Crippen LogP contribution in [0.15, 0.2) is 36.4 Å². The number of aliphatic hydroxyl groups excluding tert-OH is 1. The number of allylic oxidation sites excluding steroid dienone is 2. The molecule has 9 atom stereocenters. The van der Waals surface area contributed by atoms with Crippen LogP contribution >= 0.6 is 0 Å². The zero-order chi connectivity index (χ0) is 33.1. The summed E-state index contributed by atoms with van der Waals surface area (Å²) in [6, 6.07) is 2.16. The summed E-state index contributed by atoms with van der Waals surface area (Å²) in [5, 5.41) is 11.1. The largest absolute Gasteiger partial charge is 0.392 e. The van der Waals surface area contributed by atoms with Crippen molar-refractivity contribution >= 4 is 22.3 Å². The Balaban J connectivity index is 1.41. The third kappa shape index (κ3) is 3.41. The molecule has 2 aliphatic heterocycles. The van der Waals surface area contributed by atoms with E-state index in [1.165, 1.54) is 64.5 Å². The molecule has 0 amide bonds. The van der Waals surface area contributed by atoms with E-state index in [0.29, 0.717) is 17.8 Å². The number of benzene rings is 1. The summed E-state index contributed by atoms with van der Waals surface area (Å²) >= 11 is 0. The molecule has 1 N–H and O–H groups in total. The van der Waals surface area contributed by atoms with E-state index in [4.69, 9.17) is 4.74 Å². The Hall–Kier alpha value is -2.43. The Morgan fingerprint density at radius 2 is 1.83 bits per heavy atom. The average molecular weight is 622 g/mol. The van der Waals surface area contributed by atoms with Gasteiger partial charge in [-0.15, -0.1) is 0 Å². The molecule has 0 spiro atoms. The fourth-order valence-corrected chi connectivity index (χ4v) is 13.1. The number of hydrogen-bond donors (Lipinski definition) is 1. The fourth-order valence-electron chi connectivity index (χ4n) is 13.1. The lowest BCUT2D eigenvalue weighted by Crippen LogP contribution is -2.60. The van der Waals surface area contributed by atoms with E-state index in [9.17, 15) is 9.90 Å². The first kappa shape index (κ1) is 30.9. The second-order valence-corrected chi connectivity index (χ2v) is 18.1. The molecular formula is C42H55NO3. The van der Waals surface area contributed by atoms with Crippen LogP contribution < -0.4 is 0 Å². The van der Waals surface area contributed by atoms with Crippen LogP contribution in [-0.2, 0) is 16.6 Å². The SMILES string of the molecule is C=C(C)[C@H]1C(=O)c2c3c(cc4c5c(n1c24)[C@@]1(C)C(CC[C@H]2[C@](C)(C=CCO)[C@@H](C)CC[C@@]21C)C5)C1=CC(C)(C)OC(C)(C)C1[C@@H]3C. The van der Waals surface area contributed by atoms with Crippen LogP contribution in [0, 0.1) is 34.5 Å². The number of ether oxygens (including phenoxy) is 1. The molecule has 2 unspecified atom stereocenters.